The number of carbonyl (C=O) groups is 2. The quantitative estimate of drug-likeness (QED) is 0.744. The first-order valence-corrected chi connectivity index (χ1v) is 5.88. The van der Waals surface area contributed by atoms with Gasteiger partial charge >= 0.3 is 6.03 Å². The molecule has 1 heterocycles. The Morgan fingerprint density at radius 3 is 2.65 bits per heavy atom. The highest BCUT2D eigenvalue weighted by atomic mass is 16.2. The third kappa shape index (κ3) is 2.64. The zero-order chi connectivity index (χ0) is 12.1. The lowest BCUT2D eigenvalue weighted by atomic mass is 10.2. The number of para-hydroxylation sites is 1. The van der Waals surface area contributed by atoms with Gasteiger partial charge in [0.15, 0.2) is 0 Å². The number of carbonyl (C=O) groups excluding carboxylic acids is 2. The molecule has 0 radical (unpaired) electrons. The Labute approximate surface area is 101 Å². The Morgan fingerprint density at radius 2 is 1.94 bits per heavy atom. The summed E-state index contributed by atoms with van der Waals surface area (Å²) >= 11 is 0. The molecule has 4 heteroatoms. The molecule has 1 aromatic rings. The van der Waals surface area contributed by atoms with Crippen LogP contribution in [-0.2, 0) is 4.79 Å². The van der Waals surface area contributed by atoms with E-state index in [4.69, 9.17) is 0 Å². The first kappa shape index (κ1) is 11.6. The first-order chi connectivity index (χ1) is 8.33. The van der Waals surface area contributed by atoms with Crippen LogP contribution in [0.1, 0.15) is 12.8 Å². The summed E-state index contributed by atoms with van der Waals surface area (Å²) < 4.78 is 0. The molecule has 1 aliphatic heterocycles. The molecule has 1 saturated heterocycles. The van der Waals surface area contributed by atoms with Crippen LogP contribution in [0.25, 0.3) is 0 Å². The third-order valence-corrected chi connectivity index (χ3v) is 2.90. The van der Waals surface area contributed by atoms with Crippen molar-refractivity contribution in [3.8, 4) is 0 Å². The van der Waals surface area contributed by atoms with Crippen molar-refractivity contribution in [1.29, 1.82) is 0 Å². The predicted molar refractivity (Wildman–Crippen MR) is 66.1 cm³/mol. The molecule has 1 aromatic carbocycles. The number of aldehydes is 1. The van der Waals surface area contributed by atoms with E-state index in [1.165, 1.54) is 0 Å². The van der Waals surface area contributed by atoms with Crippen LogP contribution in [0.2, 0.25) is 0 Å². The summed E-state index contributed by atoms with van der Waals surface area (Å²) in [5.41, 5.74) is 0.924. The normalized spacial score (nSPS) is 16.1. The molecule has 0 aromatic heterocycles. The van der Waals surface area contributed by atoms with Gasteiger partial charge in [0.2, 0.25) is 0 Å². The highest BCUT2D eigenvalue weighted by Crippen LogP contribution is 2.19. The van der Waals surface area contributed by atoms with Crippen molar-refractivity contribution in [2.24, 2.45) is 0 Å². The van der Waals surface area contributed by atoms with Gasteiger partial charge in [-0.05, 0) is 18.6 Å². The van der Waals surface area contributed by atoms with Crippen LogP contribution in [0.3, 0.4) is 0 Å². The molecule has 0 atom stereocenters. The Balaban J connectivity index is 2.08. The molecule has 1 fully saturated rings. The van der Waals surface area contributed by atoms with Gasteiger partial charge in [-0.1, -0.05) is 18.2 Å². The summed E-state index contributed by atoms with van der Waals surface area (Å²) in [4.78, 5) is 26.0. The van der Waals surface area contributed by atoms with Crippen molar-refractivity contribution in [3.05, 3.63) is 30.3 Å². The van der Waals surface area contributed by atoms with Crippen molar-refractivity contribution < 1.29 is 9.59 Å². The molecule has 0 bridgehead atoms. The van der Waals surface area contributed by atoms with Crippen molar-refractivity contribution >= 4 is 18.0 Å². The molecule has 1 aliphatic rings. The Bertz CT molecular complexity index is 392. The highest BCUT2D eigenvalue weighted by Gasteiger charge is 2.25. The standard InChI is InChI=1S/C13H16N2O2/c16-11-5-9-14-8-4-10-15(13(14)17)12-6-2-1-3-7-12/h1-3,6-7,11H,4-5,8-10H2. The number of anilines is 1. The van der Waals surface area contributed by atoms with Crippen LogP contribution in [0.5, 0.6) is 0 Å². The van der Waals surface area contributed by atoms with E-state index >= 15 is 0 Å². The number of amides is 2. The Kier molecular flexibility index (Phi) is 3.75. The van der Waals surface area contributed by atoms with Crippen molar-refractivity contribution in [2.75, 3.05) is 24.5 Å². The molecule has 2 amide bonds. The van der Waals surface area contributed by atoms with Gasteiger partial charge in [-0.25, -0.2) is 4.79 Å². The topological polar surface area (TPSA) is 40.6 Å². The summed E-state index contributed by atoms with van der Waals surface area (Å²) in [6, 6.07) is 9.65. The van der Waals surface area contributed by atoms with E-state index in [-0.39, 0.29) is 6.03 Å². The largest absolute Gasteiger partial charge is 0.324 e. The monoisotopic (exact) mass is 232 g/mol. The van der Waals surface area contributed by atoms with Crippen molar-refractivity contribution in [2.45, 2.75) is 12.8 Å². The van der Waals surface area contributed by atoms with Gasteiger partial charge in [-0.3, -0.25) is 4.90 Å². The second-order valence-corrected chi connectivity index (χ2v) is 4.07. The van der Waals surface area contributed by atoms with Crippen LogP contribution in [0.15, 0.2) is 30.3 Å². The molecular weight excluding hydrogens is 216 g/mol. The fourth-order valence-corrected chi connectivity index (χ4v) is 2.05. The molecule has 0 unspecified atom stereocenters. The molecular formula is C13H16N2O2. The van der Waals surface area contributed by atoms with Crippen LogP contribution < -0.4 is 4.90 Å². The number of urea groups is 1. The molecule has 4 nitrogen and oxygen atoms in total. The summed E-state index contributed by atoms with van der Waals surface area (Å²) in [5.74, 6) is 0. The molecule has 0 spiro atoms. The molecule has 2 rings (SSSR count). The minimum atomic E-state index is 0.00398. The third-order valence-electron chi connectivity index (χ3n) is 2.90. The lowest BCUT2D eigenvalue weighted by molar-refractivity contribution is -0.108. The zero-order valence-electron chi connectivity index (χ0n) is 9.71. The number of nitrogens with zero attached hydrogens (tertiary/aromatic N) is 2. The summed E-state index contributed by atoms with van der Waals surface area (Å²) in [6.07, 6.45) is 2.21. The van der Waals surface area contributed by atoms with Gasteiger partial charge in [0.05, 0.1) is 0 Å². The fraction of sp³-hybridized carbons (Fsp3) is 0.385. The maximum atomic E-state index is 12.2. The van der Waals surface area contributed by atoms with E-state index in [1.54, 1.807) is 9.80 Å². The molecule has 0 N–H and O–H groups in total. The average Bonchev–Trinajstić information content (AvgIpc) is 2.39. The van der Waals surface area contributed by atoms with Crippen LogP contribution in [0.4, 0.5) is 10.5 Å². The van der Waals surface area contributed by atoms with Gasteiger partial charge in [-0.15, -0.1) is 0 Å². The van der Waals surface area contributed by atoms with E-state index in [9.17, 15) is 9.59 Å². The second-order valence-electron chi connectivity index (χ2n) is 4.07. The van der Waals surface area contributed by atoms with E-state index < -0.39 is 0 Å². The Hall–Kier alpha value is -1.84. The SMILES string of the molecule is O=CCCN1CCCN(c2ccccc2)C1=O. The second kappa shape index (κ2) is 5.48. The highest BCUT2D eigenvalue weighted by molar-refractivity contribution is 5.92. The van der Waals surface area contributed by atoms with Crippen molar-refractivity contribution in [1.82, 2.24) is 4.90 Å². The van der Waals surface area contributed by atoms with E-state index in [0.717, 1.165) is 31.5 Å². The smallest absolute Gasteiger partial charge is 0.324 e. The fourth-order valence-electron chi connectivity index (χ4n) is 2.05. The lowest BCUT2D eigenvalue weighted by Crippen LogP contribution is -2.49. The minimum Gasteiger partial charge on any atom is -0.324 e. The average molecular weight is 232 g/mol. The van der Waals surface area contributed by atoms with Crippen LogP contribution in [0, 0.1) is 0 Å². The van der Waals surface area contributed by atoms with Crippen LogP contribution >= 0.6 is 0 Å². The number of hydrogen-bond acceptors (Lipinski definition) is 2. The van der Waals surface area contributed by atoms with Gasteiger partial charge < -0.3 is 9.69 Å². The lowest BCUT2D eigenvalue weighted by Gasteiger charge is -2.35. The maximum Gasteiger partial charge on any atom is 0.324 e. The molecule has 17 heavy (non-hydrogen) atoms. The minimum absolute atomic E-state index is 0.00398. The summed E-state index contributed by atoms with van der Waals surface area (Å²) in [6.45, 7) is 2.02. The summed E-state index contributed by atoms with van der Waals surface area (Å²) in [5, 5.41) is 0. The van der Waals surface area contributed by atoms with Crippen LogP contribution in [-0.4, -0.2) is 36.9 Å². The Morgan fingerprint density at radius 1 is 1.18 bits per heavy atom. The van der Waals surface area contributed by atoms with Gasteiger partial charge in [0.25, 0.3) is 0 Å². The van der Waals surface area contributed by atoms with E-state index in [0.29, 0.717) is 13.0 Å². The number of benzene rings is 1. The first-order valence-electron chi connectivity index (χ1n) is 5.88. The molecule has 0 saturated carbocycles. The predicted octanol–water partition coefficient (Wildman–Crippen LogP) is 1.91. The summed E-state index contributed by atoms with van der Waals surface area (Å²) in [7, 11) is 0. The maximum absolute atomic E-state index is 12.2. The van der Waals surface area contributed by atoms with E-state index in [2.05, 4.69) is 0 Å². The zero-order valence-corrected chi connectivity index (χ0v) is 9.71. The molecule has 0 aliphatic carbocycles. The number of hydrogen-bond donors (Lipinski definition) is 0. The van der Waals surface area contributed by atoms with Gasteiger partial charge in [0, 0.05) is 31.7 Å². The molecule has 90 valence electrons. The van der Waals surface area contributed by atoms with E-state index in [1.807, 2.05) is 30.3 Å². The van der Waals surface area contributed by atoms with Gasteiger partial charge in [-0.2, -0.15) is 0 Å². The van der Waals surface area contributed by atoms with Crippen molar-refractivity contribution in [3.63, 3.8) is 0 Å². The van der Waals surface area contributed by atoms with Gasteiger partial charge in [0.1, 0.15) is 6.29 Å². The number of rotatable bonds is 4.